The van der Waals surface area contributed by atoms with E-state index in [1.54, 1.807) is 0 Å². The first-order valence-electron chi connectivity index (χ1n) is 5.62. The maximum Gasteiger partial charge on any atom is 0.183 e. The van der Waals surface area contributed by atoms with Gasteiger partial charge in [0, 0.05) is 6.42 Å². The summed E-state index contributed by atoms with van der Waals surface area (Å²) in [6, 6.07) is 0. The van der Waals surface area contributed by atoms with Crippen LogP contribution >= 0.6 is 0 Å². The quantitative estimate of drug-likeness (QED) is 0.784. The fraction of sp³-hybridized carbons (Fsp3) is 0.636. The van der Waals surface area contributed by atoms with Crippen molar-refractivity contribution in [2.75, 3.05) is 18.5 Å². The summed E-state index contributed by atoms with van der Waals surface area (Å²) in [5, 5.41) is 12.6. The molecule has 0 amide bonds. The molecule has 0 spiro atoms. The van der Waals surface area contributed by atoms with E-state index in [-0.39, 0.29) is 12.1 Å². The van der Waals surface area contributed by atoms with Crippen molar-refractivity contribution in [3.05, 3.63) is 11.5 Å². The lowest BCUT2D eigenvalue weighted by molar-refractivity contribution is 0.265. The molecule has 1 aromatic heterocycles. The lowest BCUT2D eigenvalue weighted by Crippen LogP contribution is -2.26. The highest BCUT2D eigenvalue weighted by Crippen LogP contribution is 2.41. The molecule has 1 aliphatic carbocycles. The van der Waals surface area contributed by atoms with Gasteiger partial charge >= 0.3 is 0 Å². The van der Waals surface area contributed by atoms with Crippen molar-refractivity contribution in [3.8, 4) is 5.75 Å². The smallest absolute Gasteiger partial charge is 0.183 e. The SMILES string of the molecule is Cc1nc2c(c(NC3(CO)CC3)n1)OCC2. The maximum absolute atomic E-state index is 9.29. The van der Waals surface area contributed by atoms with Crippen molar-refractivity contribution >= 4 is 5.82 Å². The third kappa shape index (κ3) is 1.51. The third-order valence-corrected chi connectivity index (χ3v) is 3.17. The van der Waals surface area contributed by atoms with Gasteiger partial charge < -0.3 is 15.2 Å². The molecule has 3 rings (SSSR count). The predicted molar refractivity (Wildman–Crippen MR) is 58.6 cm³/mol. The fourth-order valence-electron chi connectivity index (χ4n) is 2.00. The second kappa shape index (κ2) is 3.31. The normalized spacial score (nSPS) is 20.1. The highest BCUT2D eigenvalue weighted by atomic mass is 16.5. The van der Waals surface area contributed by atoms with Gasteiger partial charge in [-0.15, -0.1) is 0 Å². The summed E-state index contributed by atoms with van der Waals surface area (Å²) in [5.74, 6) is 2.26. The van der Waals surface area contributed by atoms with E-state index < -0.39 is 0 Å². The second-order valence-electron chi connectivity index (χ2n) is 4.56. The molecular formula is C11H15N3O2. The van der Waals surface area contributed by atoms with Crippen LogP contribution in [0.25, 0.3) is 0 Å². The van der Waals surface area contributed by atoms with Crippen molar-refractivity contribution in [2.45, 2.75) is 31.7 Å². The molecule has 5 heteroatoms. The number of aryl methyl sites for hydroxylation is 1. The van der Waals surface area contributed by atoms with E-state index in [0.29, 0.717) is 6.61 Å². The Morgan fingerprint density at radius 3 is 2.94 bits per heavy atom. The molecule has 1 aromatic rings. The van der Waals surface area contributed by atoms with E-state index in [1.807, 2.05) is 6.92 Å². The molecule has 2 aliphatic rings. The molecule has 2 heterocycles. The van der Waals surface area contributed by atoms with E-state index in [1.165, 1.54) is 0 Å². The van der Waals surface area contributed by atoms with Crippen LogP contribution in [0, 0.1) is 6.92 Å². The number of hydrogen-bond acceptors (Lipinski definition) is 5. The Balaban J connectivity index is 1.94. The molecule has 1 aliphatic heterocycles. The molecule has 0 saturated heterocycles. The number of nitrogens with one attached hydrogen (secondary N) is 1. The van der Waals surface area contributed by atoms with Gasteiger partial charge in [0.25, 0.3) is 0 Å². The van der Waals surface area contributed by atoms with Crippen molar-refractivity contribution in [2.24, 2.45) is 0 Å². The summed E-state index contributed by atoms with van der Waals surface area (Å²) >= 11 is 0. The number of fused-ring (bicyclic) bond motifs is 1. The van der Waals surface area contributed by atoms with Gasteiger partial charge in [0.1, 0.15) is 5.82 Å². The number of nitrogens with zero attached hydrogens (tertiary/aromatic N) is 2. The van der Waals surface area contributed by atoms with Crippen LogP contribution in [-0.4, -0.2) is 33.8 Å². The zero-order valence-electron chi connectivity index (χ0n) is 9.29. The Hall–Kier alpha value is -1.36. The fourth-order valence-corrected chi connectivity index (χ4v) is 2.00. The summed E-state index contributed by atoms with van der Waals surface area (Å²) in [5.41, 5.74) is 0.810. The molecule has 0 aromatic carbocycles. The van der Waals surface area contributed by atoms with Gasteiger partial charge in [0.2, 0.25) is 0 Å². The number of rotatable bonds is 3. The number of aliphatic hydroxyl groups is 1. The highest BCUT2D eigenvalue weighted by molar-refractivity contribution is 5.56. The summed E-state index contributed by atoms with van der Waals surface area (Å²) < 4.78 is 5.53. The summed E-state index contributed by atoms with van der Waals surface area (Å²) in [6.07, 6.45) is 2.82. The average Bonchev–Trinajstić information content (AvgIpc) is 2.87. The van der Waals surface area contributed by atoms with Crippen LogP contribution in [0.1, 0.15) is 24.4 Å². The lowest BCUT2D eigenvalue weighted by Gasteiger charge is -2.17. The van der Waals surface area contributed by atoms with Crippen molar-refractivity contribution in [3.63, 3.8) is 0 Å². The monoisotopic (exact) mass is 221 g/mol. The zero-order valence-corrected chi connectivity index (χ0v) is 9.29. The molecular weight excluding hydrogens is 206 g/mol. The lowest BCUT2D eigenvalue weighted by atomic mass is 10.2. The second-order valence-corrected chi connectivity index (χ2v) is 4.56. The number of anilines is 1. The minimum Gasteiger partial charge on any atom is -0.487 e. The Morgan fingerprint density at radius 1 is 1.44 bits per heavy atom. The predicted octanol–water partition coefficient (Wildman–Crippen LogP) is 0.657. The van der Waals surface area contributed by atoms with Crippen molar-refractivity contribution in [1.82, 2.24) is 9.97 Å². The molecule has 1 saturated carbocycles. The summed E-state index contributed by atoms with van der Waals surface area (Å²) in [6.45, 7) is 2.70. The van der Waals surface area contributed by atoms with Crippen molar-refractivity contribution in [1.29, 1.82) is 0 Å². The van der Waals surface area contributed by atoms with E-state index in [2.05, 4.69) is 15.3 Å². The van der Waals surface area contributed by atoms with E-state index in [4.69, 9.17) is 4.74 Å². The first-order chi connectivity index (χ1) is 7.72. The molecule has 2 N–H and O–H groups in total. The molecule has 5 nitrogen and oxygen atoms in total. The van der Waals surface area contributed by atoms with Crippen LogP contribution in [0.15, 0.2) is 0 Å². The number of ether oxygens (including phenoxy) is 1. The topological polar surface area (TPSA) is 67.3 Å². The Kier molecular flexibility index (Phi) is 2.04. The van der Waals surface area contributed by atoms with E-state index in [9.17, 15) is 5.11 Å². The molecule has 86 valence electrons. The number of hydrogen-bond donors (Lipinski definition) is 2. The Labute approximate surface area is 93.9 Å². The van der Waals surface area contributed by atoms with Gasteiger partial charge in [-0.25, -0.2) is 9.97 Å². The van der Waals surface area contributed by atoms with Gasteiger partial charge in [0.05, 0.1) is 24.4 Å². The summed E-state index contributed by atoms with van der Waals surface area (Å²) in [7, 11) is 0. The van der Waals surface area contributed by atoms with Crippen LogP contribution in [0.2, 0.25) is 0 Å². The molecule has 1 fully saturated rings. The maximum atomic E-state index is 9.29. The molecule has 0 bridgehead atoms. The zero-order chi connectivity index (χ0) is 11.2. The molecule has 16 heavy (non-hydrogen) atoms. The highest BCUT2D eigenvalue weighted by Gasteiger charge is 2.43. The van der Waals surface area contributed by atoms with E-state index in [0.717, 1.165) is 42.3 Å². The van der Waals surface area contributed by atoms with Gasteiger partial charge in [-0.05, 0) is 19.8 Å². The van der Waals surface area contributed by atoms with E-state index >= 15 is 0 Å². The van der Waals surface area contributed by atoms with Crippen molar-refractivity contribution < 1.29 is 9.84 Å². The van der Waals surface area contributed by atoms with Crippen LogP contribution < -0.4 is 10.1 Å². The number of aliphatic hydroxyl groups excluding tert-OH is 1. The average molecular weight is 221 g/mol. The first kappa shape index (κ1) is 9.84. The Morgan fingerprint density at radius 2 is 2.25 bits per heavy atom. The van der Waals surface area contributed by atoms with Crippen LogP contribution in [-0.2, 0) is 6.42 Å². The largest absolute Gasteiger partial charge is 0.487 e. The van der Waals surface area contributed by atoms with Gasteiger partial charge in [-0.1, -0.05) is 0 Å². The standard InChI is InChI=1S/C11H15N3O2/c1-7-12-8-2-5-16-9(8)10(13-7)14-11(6-15)3-4-11/h15H,2-6H2,1H3,(H,12,13,14). The van der Waals surface area contributed by atoms with Gasteiger partial charge in [-0.2, -0.15) is 0 Å². The molecule has 0 unspecified atom stereocenters. The number of aromatic nitrogens is 2. The minimum atomic E-state index is -0.166. The van der Waals surface area contributed by atoms with Crippen LogP contribution in [0.4, 0.5) is 5.82 Å². The first-order valence-corrected chi connectivity index (χ1v) is 5.62. The molecule has 0 atom stereocenters. The van der Waals surface area contributed by atoms with Crippen LogP contribution in [0.5, 0.6) is 5.75 Å². The van der Waals surface area contributed by atoms with Gasteiger partial charge in [0.15, 0.2) is 11.6 Å². The molecule has 0 radical (unpaired) electrons. The van der Waals surface area contributed by atoms with Gasteiger partial charge in [-0.3, -0.25) is 0 Å². The van der Waals surface area contributed by atoms with Crippen LogP contribution in [0.3, 0.4) is 0 Å². The minimum absolute atomic E-state index is 0.144. The summed E-state index contributed by atoms with van der Waals surface area (Å²) in [4.78, 5) is 8.71. The third-order valence-electron chi connectivity index (χ3n) is 3.17. The Bertz CT molecular complexity index is 429.